The van der Waals surface area contributed by atoms with Crippen LogP contribution in [0.25, 0.3) is 0 Å². The summed E-state index contributed by atoms with van der Waals surface area (Å²) >= 11 is 0. The van der Waals surface area contributed by atoms with Crippen molar-refractivity contribution in [2.75, 3.05) is 6.54 Å². The molecule has 1 aliphatic heterocycles. The molecule has 3 heteroatoms. The van der Waals surface area contributed by atoms with Crippen LogP contribution in [0.4, 0.5) is 0 Å². The molecule has 160 valence electrons. The van der Waals surface area contributed by atoms with E-state index in [1.165, 1.54) is 57.1 Å². The highest BCUT2D eigenvalue weighted by molar-refractivity contribution is 5.91. The number of rotatable bonds is 3. The SMILES string of the molecule is C[C@]12CC[C@H]3[C@@H](CNC4=CC(=O)CC[C@@]43C)[C@@H]1CC[C@@H]2C(=O)CC1CCCCC1. The third-order valence-electron chi connectivity index (χ3n) is 10.2. The van der Waals surface area contributed by atoms with Gasteiger partial charge in [-0.25, -0.2) is 0 Å². The summed E-state index contributed by atoms with van der Waals surface area (Å²) in [5.74, 6) is 3.86. The fourth-order valence-corrected chi connectivity index (χ4v) is 8.49. The lowest BCUT2D eigenvalue weighted by molar-refractivity contribution is -0.131. The molecule has 1 N–H and O–H groups in total. The molecular formula is C26H39NO2. The van der Waals surface area contributed by atoms with E-state index in [4.69, 9.17) is 0 Å². The highest BCUT2D eigenvalue weighted by Gasteiger charge is 2.60. The predicted molar refractivity (Wildman–Crippen MR) is 115 cm³/mol. The van der Waals surface area contributed by atoms with E-state index in [0.717, 1.165) is 25.8 Å². The molecule has 1 saturated heterocycles. The van der Waals surface area contributed by atoms with Crippen molar-refractivity contribution in [2.24, 2.45) is 40.4 Å². The standard InChI is InChI=1S/C26H39NO2/c1-25-13-11-21-19(16-27-24-15-18(28)10-12-26(21,24)2)20(25)8-9-22(25)23(29)14-17-6-4-3-5-7-17/h15,17,19-22,27H,3-14,16H2,1-2H3/t19-,20-,21-,22+,25-,26+/m0/s1. The smallest absolute Gasteiger partial charge is 0.157 e. The van der Waals surface area contributed by atoms with Crippen LogP contribution in [0.5, 0.6) is 0 Å². The van der Waals surface area contributed by atoms with Gasteiger partial charge in [-0.1, -0.05) is 46.0 Å². The summed E-state index contributed by atoms with van der Waals surface area (Å²) in [5, 5.41) is 3.69. The van der Waals surface area contributed by atoms with Crippen molar-refractivity contribution < 1.29 is 9.59 Å². The van der Waals surface area contributed by atoms with Gasteiger partial charge < -0.3 is 5.32 Å². The topological polar surface area (TPSA) is 46.2 Å². The Balaban J connectivity index is 1.34. The Morgan fingerprint density at radius 1 is 1.03 bits per heavy atom. The molecule has 29 heavy (non-hydrogen) atoms. The fraction of sp³-hybridized carbons (Fsp3) is 0.846. The zero-order valence-electron chi connectivity index (χ0n) is 18.5. The summed E-state index contributed by atoms with van der Waals surface area (Å²) in [6.07, 6.45) is 15.8. The number of nitrogens with one attached hydrogen (secondary N) is 1. The van der Waals surface area contributed by atoms with Crippen molar-refractivity contribution in [3.05, 3.63) is 11.8 Å². The zero-order valence-corrected chi connectivity index (χ0v) is 18.5. The second kappa shape index (κ2) is 7.24. The maximum absolute atomic E-state index is 13.4. The van der Waals surface area contributed by atoms with Crippen LogP contribution in [0.1, 0.15) is 90.9 Å². The number of Topliss-reactive ketones (excluding diaryl/α,β-unsaturated/α-hetero) is 1. The maximum Gasteiger partial charge on any atom is 0.157 e. The average molecular weight is 398 g/mol. The molecule has 5 rings (SSSR count). The molecule has 0 radical (unpaired) electrons. The molecule has 6 atom stereocenters. The lowest BCUT2D eigenvalue weighted by Crippen LogP contribution is -2.57. The van der Waals surface area contributed by atoms with Gasteiger partial charge >= 0.3 is 0 Å². The molecule has 4 aliphatic carbocycles. The summed E-state index contributed by atoms with van der Waals surface area (Å²) < 4.78 is 0. The van der Waals surface area contributed by atoms with Crippen molar-refractivity contribution in [1.29, 1.82) is 0 Å². The monoisotopic (exact) mass is 397 g/mol. The van der Waals surface area contributed by atoms with Gasteiger partial charge in [-0.3, -0.25) is 9.59 Å². The van der Waals surface area contributed by atoms with Gasteiger partial charge in [-0.15, -0.1) is 0 Å². The van der Waals surface area contributed by atoms with E-state index in [1.54, 1.807) is 0 Å². The Labute approximate surface area is 176 Å². The van der Waals surface area contributed by atoms with Gasteiger partial charge in [-0.2, -0.15) is 0 Å². The third kappa shape index (κ3) is 3.13. The number of piperidine rings is 1. The zero-order chi connectivity index (χ0) is 20.2. The van der Waals surface area contributed by atoms with Gasteiger partial charge in [0.1, 0.15) is 5.78 Å². The highest BCUT2D eigenvalue weighted by atomic mass is 16.1. The molecule has 5 aliphatic rings. The molecule has 0 amide bonds. The van der Waals surface area contributed by atoms with Gasteiger partial charge in [0.15, 0.2) is 5.78 Å². The Hall–Kier alpha value is -1.12. The van der Waals surface area contributed by atoms with Gasteiger partial charge in [0.25, 0.3) is 0 Å². The number of carbonyl (C=O) groups is 2. The van der Waals surface area contributed by atoms with Crippen LogP contribution in [0.2, 0.25) is 0 Å². The van der Waals surface area contributed by atoms with Crippen LogP contribution in [0, 0.1) is 40.4 Å². The summed E-state index contributed by atoms with van der Waals surface area (Å²) in [5.41, 5.74) is 1.56. The Kier molecular flexibility index (Phi) is 4.95. The average Bonchev–Trinajstić information content (AvgIpc) is 3.06. The minimum atomic E-state index is 0.141. The number of allylic oxidation sites excluding steroid dienone is 2. The van der Waals surface area contributed by atoms with Crippen molar-refractivity contribution in [3.8, 4) is 0 Å². The quantitative estimate of drug-likeness (QED) is 0.689. The Bertz CT molecular complexity index is 720. The normalized spacial score (nSPS) is 44.9. The van der Waals surface area contributed by atoms with Crippen LogP contribution in [0.15, 0.2) is 11.8 Å². The molecule has 0 aromatic carbocycles. The van der Waals surface area contributed by atoms with Gasteiger partial charge in [0, 0.05) is 42.5 Å². The molecule has 0 bridgehead atoms. The van der Waals surface area contributed by atoms with Gasteiger partial charge in [-0.05, 0) is 61.2 Å². The van der Waals surface area contributed by atoms with Crippen molar-refractivity contribution in [2.45, 2.75) is 90.9 Å². The molecule has 3 nitrogen and oxygen atoms in total. The molecule has 4 fully saturated rings. The molecular weight excluding hydrogens is 358 g/mol. The predicted octanol–water partition coefficient (Wildman–Crippen LogP) is 5.44. The molecule has 1 heterocycles. The van der Waals surface area contributed by atoms with Crippen LogP contribution in [0.3, 0.4) is 0 Å². The van der Waals surface area contributed by atoms with E-state index in [0.29, 0.717) is 47.6 Å². The summed E-state index contributed by atoms with van der Waals surface area (Å²) in [4.78, 5) is 25.4. The van der Waals surface area contributed by atoms with Crippen LogP contribution in [-0.2, 0) is 9.59 Å². The summed E-state index contributed by atoms with van der Waals surface area (Å²) in [7, 11) is 0. The first-order chi connectivity index (χ1) is 13.9. The third-order valence-corrected chi connectivity index (χ3v) is 10.2. The van der Waals surface area contributed by atoms with Gasteiger partial charge in [0.05, 0.1) is 0 Å². The van der Waals surface area contributed by atoms with E-state index < -0.39 is 0 Å². The minimum absolute atomic E-state index is 0.141. The molecule has 3 saturated carbocycles. The second-order valence-electron chi connectivity index (χ2n) is 11.5. The number of hydrogen-bond acceptors (Lipinski definition) is 3. The maximum atomic E-state index is 13.4. The highest BCUT2D eigenvalue weighted by Crippen LogP contribution is 2.64. The van der Waals surface area contributed by atoms with Crippen LogP contribution < -0.4 is 5.32 Å². The number of ketones is 2. The van der Waals surface area contributed by atoms with Gasteiger partial charge in [0.2, 0.25) is 0 Å². The molecule has 0 unspecified atom stereocenters. The Morgan fingerprint density at radius 3 is 2.62 bits per heavy atom. The largest absolute Gasteiger partial charge is 0.387 e. The first-order valence-corrected chi connectivity index (χ1v) is 12.4. The van der Waals surface area contributed by atoms with Crippen molar-refractivity contribution >= 4 is 11.6 Å². The number of hydrogen-bond donors (Lipinski definition) is 1. The molecule has 0 aromatic heterocycles. The van der Waals surface area contributed by atoms with Crippen molar-refractivity contribution in [3.63, 3.8) is 0 Å². The lowest BCUT2D eigenvalue weighted by atomic mass is 9.49. The van der Waals surface area contributed by atoms with Crippen LogP contribution >= 0.6 is 0 Å². The number of carbonyl (C=O) groups excluding carboxylic acids is 2. The second-order valence-corrected chi connectivity index (χ2v) is 11.5. The summed E-state index contributed by atoms with van der Waals surface area (Å²) in [6, 6.07) is 0. The van der Waals surface area contributed by atoms with Crippen LogP contribution in [-0.4, -0.2) is 18.1 Å². The van der Waals surface area contributed by atoms with E-state index in [9.17, 15) is 9.59 Å². The molecule has 0 aromatic rings. The Morgan fingerprint density at radius 2 is 1.83 bits per heavy atom. The van der Waals surface area contributed by atoms with E-state index in [-0.39, 0.29) is 10.8 Å². The van der Waals surface area contributed by atoms with E-state index >= 15 is 0 Å². The first kappa shape index (κ1) is 19.8. The summed E-state index contributed by atoms with van der Waals surface area (Å²) in [6.45, 7) is 5.87. The number of fused-ring (bicyclic) bond motifs is 5. The molecule has 0 spiro atoms. The van der Waals surface area contributed by atoms with Crippen molar-refractivity contribution in [1.82, 2.24) is 5.32 Å². The first-order valence-electron chi connectivity index (χ1n) is 12.4. The van der Waals surface area contributed by atoms with E-state index in [2.05, 4.69) is 19.2 Å². The fourth-order valence-electron chi connectivity index (χ4n) is 8.49. The van der Waals surface area contributed by atoms with E-state index in [1.807, 2.05) is 6.08 Å². The lowest BCUT2D eigenvalue weighted by Gasteiger charge is -2.58. The minimum Gasteiger partial charge on any atom is -0.387 e.